The zero-order valence-electron chi connectivity index (χ0n) is 11.0. The Labute approximate surface area is 116 Å². The molecule has 0 saturated carbocycles. The van der Waals surface area contributed by atoms with E-state index in [0.29, 0.717) is 18.7 Å². The molecule has 5 nitrogen and oxygen atoms in total. The van der Waals surface area contributed by atoms with Gasteiger partial charge in [0.05, 0.1) is 0 Å². The third kappa shape index (κ3) is 4.22. The van der Waals surface area contributed by atoms with Crippen LogP contribution in [-0.4, -0.2) is 31.0 Å². The Bertz CT molecular complexity index is 476. The highest BCUT2D eigenvalue weighted by molar-refractivity contribution is 5.88. The molecule has 1 fully saturated rings. The third-order valence-corrected chi connectivity index (χ3v) is 3.05. The Morgan fingerprint density at radius 3 is 2.85 bits per heavy atom. The van der Waals surface area contributed by atoms with Gasteiger partial charge in [-0.1, -0.05) is 0 Å². The first-order valence-corrected chi connectivity index (χ1v) is 6.60. The van der Waals surface area contributed by atoms with Crippen LogP contribution in [0.4, 0.5) is 4.39 Å². The first kappa shape index (κ1) is 14.3. The summed E-state index contributed by atoms with van der Waals surface area (Å²) >= 11 is 0. The molecule has 1 aromatic rings. The average molecular weight is 280 g/mol. The first-order valence-electron chi connectivity index (χ1n) is 6.60. The lowest BCUT2D eigenvalue weighted by atomic mass is 10.1. The first-order chi connectivity index (χ1) is 9.65. The molecule has 0 spiro atoms. The number of benzene rings is 1. The van der Waals surface area contributed by atoms with E-state index in [2.05, 4.69) is 10.6 Å². The van der Waals surface area contributed by atoms with Gasteiger partial charge < -0.3 is 15.4 Å². The molecule has 1 aromatic carbocycles. The van der Waals surface area contributed by atoms with Crippen LogP contribution in [0.25, 0.3) is 0 Å². The summed E-state index contributed by atoms with van der Waals surface area (Å²) in [5, 5.41) is 5.38. The van der Waals surface area contributed by atoms with Crippen LogP contribution in [0.2, 0.25) is 0 Å². The number of carbonyl (C=O) groups excluding carboxylic acids is 2. The van der Waals surface area contributed by atoms with Gasteiger partial charge in [0.15, 0.2) is 6.61 Å². The van der Waals surface area contributed by atoms with Gasteiger partial charge in [-0.2, -0.15) is 0 Å². The standard InChI is InChI=1S/C14H17FN2O3/c15-10-4-6-11(7-5-10)20-9-13(18)17-12-3-1-2-8-16-14(12)19/h4-7,12H,1-3,8-9H2,(H,16,19)(H,17,18). The van der Waals surface area contributed by atoms with E-state index in [0.717, 1.165) is 12.8 Å². The molecule has 20 heavy (non-hydrogen) atoms. The highest BCUT2D eigenvalue weighted by Gasteiger charge is 2.22. The fourth-order valence-electron chi connectivity index (χ4n) is 1.99. The van der Waals surface area contributed by atoms with E-state index in [1.807, 2.05) is 0 Å². The molecule has 1 saturated heterocycles. The van der Waals surface area contributed by atoms with Gasteiger partial charge in [-0.25, -0.2) is 4.39 Å². The molecule has 1 heterocycles. The lowest BCUT2D eigenvalue weighted by Gasteiger charge is -2.15. The van der Waals surface area contributed by atoms with Crippen LogP contribution < -0.4 is 15.4 Å². The number of hydrogen-bond acceptors (Lipinski definition) is 3. The Morgan fingerprint density at radius 2 is 2.10 bits per heavy atom. The summed E-state index contributed by atoms with van der Waals surface area (Å²) in [4.78, 5) is 23.4. The highest BCUT2D eigenvalue weighted by Crippen LogP contribution is 2.11. The number of carbonyl (C=O) groups is 2. The largest absolute Gasteiger partial charge is 0.484 e. The van der Waals surface area contributed by atoms with Crippen molar-refractivity contribution in [3.8, 4) is 5.75 Å². The maximum Gasteiger partial charge on any atom is 0.258 e. The van der Waals surface area contributed by atoms with Crippen LogP contribution in [0, 0.1) is 5.82 Å². The minimum absolute atomic E-state index is 0.155. The van der Waals surface area contributed by atoms with E-state index in [1.165, 1.54) is 24.3 Å². The summed E-state index contributed by atoms with van der Waals surface area (Å²) in [5.41, 5.74) is 0. The summed E-state index contributed by atoms with van der Waals surface area (Å²) in [6.07, 6.45) is 2.45. The third-order valence-electron chi connectivity index (χ3n) is 3.05. The normalized spacial score (nSPS) is 18.9. The van der Waals surface area contributed by atoms with E-state index in [4.69, 9.17) is 4.74 Å². The molecular weight excluding hydrogens is 263 g/mol. The van der Waals surface area contributed by atoms with Crippen molar-refractivity contribution in [2.75, 3.05) is 13.2 Å². The van der Waals surface area contributed by atoms with Crippen molar-refractivity contribution in [2.24, 2.45) is 0 Å². The van der Waals surface area contributed by atoms with Gasteiger partial charge >= 0.3 is 0 Å². The summed E-state index contributed by atoms with van der Waals surface area (Å²) in [6, 6.07) is 4.90. The number of rotatable bonds is 4. The molecule has 108 valence electrons. The predicted molar refractivity (Wildman–Crippen MR) is 70.7 cm³/mol. The van der Waals surface area contributed by atoms with E-state index in [-0.39, 0.29) is 24.2 Å². The Hall–Kier alpha value is -2.11. The maximum absolute atomic E-state index is 12.7. The Morgan fingerprint density at radius 1 is 1.35 bits per heavy atom. The second-order valence-corrected chi connectivity index (χ2v) is 4.65. The van der Waals surface area contributed by atoms with Crippen LogP contribution in [0.1, 0.15) is 19.3 Å². The molecular formula is C14H17FN2O3. The van der Waals surface area contributed by atoms with Crippen molar-refractivity contribution in [1.29, 1.82) is 0 Å². The van der Waals surface area contributed by atoms with E-state index >= 15 is 0 Å². The molecule has 2 rings (SSSR count). The lowest BCUT2D eigenvalue weighted by molar-refractivity contribution is -0.129. The Balaban J connectivity index is 1.79. The van der Waals surface area contributed by atoms with Gasteiger partial charge in [-0.3, -0.25) is 9.59 Å². The molecule has 0 bridgehead atoms. The van der Waals surface area contributed by atoms with Gasteiger partial charge in [0, 0.05) is 6.54 Å². The van der Waals surface area contributed by atoms with Crippen molar-refractivity contribution in [3.63, 3.8) is 0 Å². The second kappa shape index (κ2) is 6.88. The number of hydrogen-bond donors (Lipinski definition) is 2. The second-order valence-electron chi connectivity index (χ2n) is 4.65. The smallest absolute Gasteiger partial charge is 0.258 e. The monoisotopic (exact) mass is 280 g/mol. The topological polar surface area (TPSA) is 67.4 Å². The van der Waals surface area contributed by atoms with Gasteiger partial charge in [-0.05, 0) is 43.5 Å². The van der Waals surface area contributed by atoms with Crippen molar-refractivity contribution < 1.29 is 18.7 Å². The van der Waals surface area contributed by atoms with Gasteiger partial charge in [0.2, 0.25) is 5.91 Å². The zero-order chi connectivity index (χ0) is 14.4. The zero-order valence-corrected chi connectivity index (χ0v) is 11.0. The lowest BCUT2D eigenvalue weighted by Crippen LogP contribution is -2.46. The number of nitrogens with one attached hydrogen (secondary N) is 2. The Kier molecular flexibility index (Phi) is 4.92. The predicted octanol–water partition coefficient (Wildman–Crippen LogP) is 0.989. The van der Waals surface area contributed by atoms with Crippen LogP contribution in [-0.2, 0) is 9.59 Å². The molecule has 0 aromatic heterocycles. The van der Waals surface area contributed by atoms with Crippen molar-refractivity contribution in [2.45, 2.75) is 25.3 Å². The van der Waals surface area contributed by atoms with E-state index in [1.54, 1.807) is 0 Å². The highest BCUT2D eigenvalue weighted by atomic mass is 19.1. The van der Waals surface area contributed by atoms with Gasteiger partial charge in [0.1, 0.15) is 17.6 Å². The summed E-state index contributed by atoms with van der Waals surface area (Å²) < 4.78 is 17.9. The molecule has 1 unspecified atom stereocenters. The average Bonchev–Trinajstić information content (AvgIpc) is 2.64. The van der Waals surface area contributed by atoms with Crippen LogP contribution >= 0.6 is 0 Å². The molecule has 2 N–H and O–H groups in total. The number of ether oxygens (including phenoxy) is 1. The number of halogens is 1. The maximum atomic E-state index is 12.7. The molecule has 0 aliphatic carbocycles. The molecule has 2 amide bonds. The fourth-order valence-corrected chi connectivity index (χ4v) is 1.99. The molecule has 1 aliphatic rings. The summed E-state index contributed by atoms with van der Waals surface area (Å²) in [5.74, 6) is -0.474. The molecule has 0 radical (unpaired) electrons. The van der Waals surface area contributed by atoms with Crippen molar-refractivity contribution >= 4 is 11.8 Å². The molecule has 1 atom stereocenters. The van der Waals surface area contributed by atoms with Gasteiger partial charge in [-0.15, -0.1) is 0 Å². The van der Waals surface area contributed by atoms with Crippen LogP contribution in [0.3, 0.4) is 0 Å². The molecule has 1 aliphatic heterocycles. The molecule has 6 heteroatoms. The summed E-state index contributed by atoms with van der Waals surface area (Å²) in [7, 11) is 0. The quantitative estimate of drug-likeness (QED) is 0.864. The SMILES string of the molecule is O=C(COc1ccc(F)cc1)NC1CCCCNC1=O. The van der Waals surface area contributed by atoms with Crippen molar-refractivity contribution in [3.05, 3.63) is 30.1 Å². The van der Waals surface area contributed by atoms with Crippen molar-refractivity contribution in [1.82, 2.24) is 10.6 Å². The minimum atomic E-state index is -0.498. The summed E-state index contributed by atoms with van der Waals surface area (Å²) in [6.45, 7) is 0.451. The number of amides is 2. The van der Waals surface area contributed by atoms with Gasteiger partial charge in [0.25, 0.3) is 5.91 Å². The minimum Gasteiger partial charge on any atom is -0.484 e. The van der Waals surface area contributed by atoms with E-state index in [9.17, 15) is 14.0 Å². The fraction of sp³-hybridized carbons (Fsp3) is 0.429. The van der Waals surface area contributed by atoms with E-state index < -0.39 is 6.04 Å². The van der Waals surface area contributed by atoms with Crippen LogP contribution in [0.15, 0.2) is 24.3 Å². The van der Waals surface area contributed by atoms with Crippen LogP contribution in [0.5, 0.6) is 5.75 Å².